The third-order valence-corrected chi connectivity index (χ3v) is 3.14. The highest BCUT2D eigenvalue weighted by atomic mass is 16.4. The van der Waals surface area contributed by atoms with Gasteiger partial charge in [-0.15, -0.1) is 0 Å². The average Bonchev–Trinajstić information content (AvgIpc) is 2.46. The minimum atomic E-state index is -0.905. The van der Waals surface area contributed by atoms with Gasteiger partial charge in [0.15, 0.2) is 0 Å². The van der Waals surface area contributed by atoms with Crippen LogP contribution < -0.4 is 0 Å². The number of fused-ring (bicyclic) bond motifs is 1. The Morgan fingerprint density at radius 1 is 0.895 bits per heavy atom. The van der Waals surface area contributed by atoms with Crippen molar-refractivity contribution in [2.45, 2.75) is 0 Å². The van der Waals surface area contributed by atoms with Gasteiger partial charge in [0.2, 0.25) is 0 Å². The van der Waals surface area contributed by atoms with E-state index in [9.17, 15) is 9.90 Å². The molecule has 0 radical (unpaired) electrons. The molecule has 0 aliphatic carbocycles. The van der Waals surface area contributed by atoms with Gasteiger partial charge in [-0.1, -0.05) is 30.3 Å². The summed E-state index contributed by atoms with van der Waals surface area (Å²) < 4.78 is 0. The van der Waals surface area contributed by atoms with E-state index in [4.69, 9.17) is 0 Å². The molecule has 0 unspecified atom stereocenters. The zero-order valence-electron chi connectivity index (χ0n) is 10.1. The number of pyridine rings is 1. The van der Waals surface area contributed by atoms with Gasteiger partial charge in [-0.3, -0.25) is 4.98 Å². The molecule has 0 spiro atoms. The monoisotopic (exact) mass is 249 g/mol. The Morgan fingerprint density at radius 3 is 2.32 bits per heavy atom. The number of hydrogen-bond donors (Lipinski definition) is 1. The predicted molar refractivity (Wildman–Crippen MR) is 74.1 cm³/mol. The quantitative estimate of drug-likeness (QED) is 0.754. The highest BCUT2D eigenvalue weighted by molar-refractivity contribution is 6.08. The number of benzene rings is 2. The number of carboxylic acids is 1. The lowest BCUT2D eigenvalue weighted by atomic mass is 9.96. The second-order valence-electron chi connectivity index (χ2n) is 4.25. The average molecular weight is 249 g/mol. The van der Waals surface area contributed by atoms with Gasteiger partial charge >= 0.3 is 5.97 Å². The molecular weight excluding hydrogens is 238 g/mol. The first kappa shape index (κ1) is 11.4. The summed E-state index contributed by atoms with van der Waals surface area (Å²) in [4.78, 5) is 15.3. The van der Waals surface area contributed by atoms with Crippen LogP contribution in [0.15, 0.2) is 60.9 Å². The molecular formula is C16H11NO2. The van der Waals surface area contributed by atoms with Crippen LogP contribution in [0.25, 0.3) is 21.9 Å². The summed E-state index contributed by atoms with van der Waals surface area (Å²) in [7, 11) is 0. The Morgan fingerprint density at radius 2 is 1.58 bits per heavy atom. The number of rotatable bonds is 2. The first-order chi connectivity index (χ1) is 9.27. The lowest BCUT2D eigenvalue weighted by Gasteiger charge is -2.08. The van der Waals surface area contributed by atoms with Crippen molar-refractivity contribution in [1.29, 1.82) is 0 Å². The molecule has 0 saturated heterocycles. The van der Waals surface area contributed by atoms with Crippen molar-refractivity contribution in [3.63, 3.8) is 0 Å². The Labute approximate surface area is 110 Å². The van der Waals surface area contributed by atoms with E-state index in [1.807, 2.05) is 36.4 Å². The normalized spacial score (nSPS) is 10.5. The number of carboxylic acid groups (broad SMARTS) is 1. The standard InChI is InChI=1S/C16H11NO2/c18-16(19)15-6-2-4-13-12(3-1-5-14(13)15)11-7-9-17-10-8-11/h1-10H,(H,18,19). The van der Waals surface area contributed by atoms with Crippen molar-refractivity contribution in [1.82, 2.24) is 4.98 Å². The highest BCUT2D eigenvalue weighted by Crippen LogP contribution is 2.29. The molecule has 19 heavy (non-hydrogen) atoms. The number of nitrogens with zero attached hydrogens (tertiary/aromatic N) is 1. The van der Waals surface area contributed by atoms with E-state index < -0.39 is 5.97 Å². The lowest BCUT2D eigenvalue weighted by molar-refractivity contribution is 0.0699. The fourth-order valence-corrected chi connectivity index (χ4v) is 2.28. The van der Waals surface area contributed by atoms with Gasteiger partial charge in [0.25, 0.3) is 0 Å². The second kappa shape index (κ2) is 4.53. The summed E-state index contributed by atoms with van der Waals surface area (Å²) in [6.07, 6.45) is 3.46. The summed E-state index contributed by atoms with van der Waals surface area (Å²) >= 11 is 0. The van der Waals surface area contributed by atoms with E-state index in [2.05, 4.69) is 4.98 Å². The van der Waals surface area contributed by atoms with Crippen LogP contribution in [0.5, 0.6) is 0 Å². The fraction of sp³-hybridized carbons (Fsp3) is 0. The molecule has 3 heteroatoms. The molecule has 0 aliphatic heterocycles. The molecule has 0 aliphatic rings. The molecule has 92 valence electrons. The lowest BCUT2D eigenvalue weighted by Crippen LogP contribution is -1.97. The van der Waals surface area contributed by atoms with E-state index >= 15 is 0 Å². The molecule has 1 heterocycles. The van der Waals surface area contributed by atoms with Gasteiger partial charge in [0.1, 0.15) is 0 Å². The summed E-state index contributed by atoms with van der Waals surface area (Å²) in [5, 5.41) is 10.9. The van der Waals surface area contributed by atoms with E-state index in [0.717, 1.165) is 21.9 Å². The van der Waals surface area contributed by atoms with E-state index in [1.165, 1.54) is 0 Å². The summed E-state index contributed by atoms with van der Waals surface area (Å²) in [5.41, 5.74) is 2.37. The largest absolute Gasteiger partial charge is 0.478 e. The minimum absolute atomic E-state index is 0.327. The van der Waals surface area contributed by atoms with Gasteiger partial charge in [0, 0.05) is 12.4 Å². The first-order valence-electron chi connectivity index (χ1n) is 5.93. The number of aromatic carboxylic acids is 1. The molecule has 1 N–H and O–H groups in total. The Bertz CT molecular complexity index is 751. The van der Waals surface area contributed by atoms with Crippen LogP contribution in [0.3, 0.4) is 0 Å². The van der Waals surface area contributed by atoms with Crippen LogP contribution in [0.1, 0.15) is 10.4 Å². The van der Waals surface area contributed by atoms with Gasteiger partial charge in [-0.2, -0.15) is 0 Å². The van der Waals surface area contributed by atoms with Crippen molar-refractivity contribution in [2.24, 2.45) is 0 Å². The molecule has 0 saturated carbocycles. The van der Waals surface area contributed by atoms with E-state index in [-0.39, 0.29) is 0 Å². The number of carbonyl (C=O) groups is 1. The molecule has 2 aromatic carbocycles. The minimum Gasteiger partial charge on any atom is -0.478 e. The molecule has 1 aromatic heterocycles. The van der Waals surface area contributed by atoms with Crippen molar-refractivity contribution in [2.75, 3.05) is 0 Å². The Hall–Kier alpha value is -2.68. The second-order valence-corrected chi connectivity index (χ2v) is 4.25. The molecule has 0 bridgehead atoms. The molecule has 0 atom stereocenters. The predicted octanol–water partition coefficient (Wildman–Crippen LogP) is 3.60. The number of aromatic nitrogens is 1. The van der Waals surface area contributed by atoms with Gasteiger partial charge in [-0.25, -0.2) is 4.79 Å². The third-order valence-electron chi connectivity index (χ3n) is 3.14. The zero-order chi connectivity index (χ0) is 13.2. The Kier molecular flexibility index (Phi) is 2.72. The highest BCUT2D eigenvalue weighted by Gasteiger charge is 2.10. The maximum Gasteiger partial charge on any atom is 0.336 e. The molecule has 0 fully saturated rings. The first-order valence-corrected chi connectivity index (χ1v) is 5.93. The SMILES string of the molecule is O=C(O)c1cccc2c(-c3ccncc3)cccc12. The van der Waals surface area contributed by atoms with Crippen molar-refractivity contribution in [3.05, 3.63) is 66.5 Å². The molecule has 0 amide bonds. The van der Waals surface area contributed by atoms with Crippen LogP contribution in [0, 0.1) is 0 Å². The van der Waals surface area contributed by atoms with Gasteiger partial charge in [-0.05, 0) is 40.1 Å². The summed E-state index contributed by atoms with van der Waals surface area (Å²) in [6.45, 7) is 0. The molecule has 3 nitrogen and oxygen atoms in total. The molecule has 3 aromatic rings. The maximum atomic E-state index is 11.3. The van der Waals surface area contributed by atoms with Crippen molar-refractivity contribution < 1.29 is 9.90 Å². The van der Waals surface area contributed by atoms with Crippen LogP contribution in [-0.4, -0.2) is 16.1 Å². The summed E-state index contributed by atoms with van der Waals surface area (Å²) in [6, 6.07) is 14.9. The Balaban J connectivity index is 2.34. The third kappa shape index (κ3) is 1.95. The fourth-order valence-electron chi connectivity index (χ4n) is 2.28. The van der Waals surface area contributed by atoms with E-state index in [1.54, 1.807) is 24.5 Å². The summed E-state index contributed by atoms with van der Waals surface area (Å²) in [5.74, 6) is -0.905. The molecule has 3 rings (SSSR count). The van der Waals surface area contributed by atoms with Gasteiger partial charge in [0.05, 0.1) is 5.56 Å². The van der Waals surface area contributed by atoms with Crippen LogP contribution in [0.2, 0.25) is 0 Å². The topological polar surface area (TPSA) is 50.2 Å². The van der Waals surface area contributed by atoms with Crippen molar-refractivity contribution in [3.8, 4) is 11.1 Å². The van der Waals surface area contributed by atoms with Crippen molar-refractivity contribution >= 4 is 16.7 Å². The smallest absolute Gasteiger partial charge is 0.336 e. The van der Waals surface area contributed by atoms with Gasteiger partial charge < -0.3 is 5.11 Å². The number of hydrogen-bond acceptors (Lipinski definition) is 2. The van der Waals surface area contributed by atoms with Crippen LogP contribution in [0.4, 0.5) is 0 Å². The zero-order valence-corrected chi connectivity index (χ0v) is 10.1. The van der Waals surface area contributed by atoms with Crippen LogP contribution in [-0.2, 0) is 0 Å². The van der Waals surface area contributed by atoms with Crippen LogP contribution >= 0.6 is 0 Å². The maximum absolute atomic E-state index is 11.3. The van der Waals surface area contributed by atoms with E-state index in [0.29, 0.717) is 5.56 Å².